The van der Waals surface area contributed by atoms with Crippen molar-refractivity contribution in [3.63, 3.8) is 0 Å². The van der Waals surface area contributed by atoms with Crippen molar-refractivity contribution in [2.75, 3.05) is 7.11 Å². The molecule has 3 N–H and O–H groups in total. The molecule has 0 aromatic rings. The van der Waals surface area contributed by atoms with Crippen molar-refractivity contribution in [2.45, 2.75) is 19.3 Å². The molecule has 0 saturated heterocycles. The number of hydrogen-bond donors (Lipinski definition) is 3. The Labute approximate surface area is 127 Å². The maximum absolute atomic E-state index is 11.8. The van der Waals surface area contributed by atoms with Gasteiger partial charge in [-0.05, 0) is 13.0 Å². The topological polar surface area (TPSA) is 96.2 Å². The van der Waals surface area contributed by atoms with E-state index in [2.05, 4.69) is 0 Å². The molecule has 1 heterocycles. The van der Waals surface area contributed by atoms with Crippen molar-refractivity contribution in [3.8, 4) is 0 Å². The van der Waals surface area contributed by atoms with Crippen LogP contribution in [0.15, 0.2) is 58.8 Å². The normalized spacial score (nSPS) is 33.0. The van der Waals surface area contributed by atoms with Crippen LogP contribution in [0.2, 0.25) is 0 Å². The van der Waals surface area contributed by atoms with Gasteiger partial charge in [0.25, 0.3) is 6.29 Å². The molecule has 0 amide bonds. The van der Waals surface area contributed by atoms with Crippen LogP contribution >= 0.6 is 0 Å². The number of ether oxygens (including phenoxy) is 2. The van der Waals surface area contributed by atoms with Crippen LogP contribution in [0.1, 0.15) is 6.92 Å². The average Bonchev–Trinajstić information content (AvgIpc) is 2.49. The van der Waals surface area contributed by atoms with Gasteiger partial charge < -0.3 is 24.8 Å². The zero-order valence-corrected chi connectivity index (χ0v) is 12.1. The number of ketones is 1. The molecule has 3 aliphatic rings. The summed E-state index contributed by atoms with van der Waals surface area (Å²) in [5, 5.41) is 31.0. The first-order valence-electron chi connectivity index (χ1n) is 6.77. The lowest BCUT2D eigenvalue weighted by Crippen LogP contribution is -2.48. The number of aliphatic hydroxyl groups excluding tert-OH is 3. The van der Waals surface area contributed by atoms with Crippen molar-refractivity contribution in [2.24, 2.45) is 5.41 Å². The Morgan fingerprint density at radius 1 is 1.36 bits per heavy atom. The van der Waals surface area contributed by atoms with Crippen molar-refractivity contribution in [3.05, 3.63) is 58.8 Å². The molecule has 1 aliphatic heterocycles. The van der Waals surface area contributed by atoms with Gasteiger partial charge in [0.2, 0.25) is 0 Å². The van der Waals surface area contributed by atoms with Crippen LogP contribution in [0.25, 0.3) is 0 Å². The number of aliphatic hydroxyl groups is 3. The van der Waals surface area contributed by atoms with Crippen LogP contribution in [0.5, 0.6) is 0 Å². The second-order valence-electron chi connectivity index (χ2n) is 5.31. The van der Waals surface area contributed by atoms with Crippen LogP contribution in [0.4, 0.5) is 0 Å². The number of methoxy groups -OCH3 is 1. The maximum Gasteiger partial charge on any atom is 0.256 e. The molecule has 0 saturated carbocycles. The van der Waals surface area contributed by atoms with Crippen molar-refractivity contribution < 1.29 is 29.6 Å². The van der Waals surface area contributed by atoms with Crippen molar-refractivity contribution >= 4 is 5.78 Å². The Morgan fingerprint density at radius 3 is 2.73 bits per heavy atom. The van der Waals surface area contributed by atoms with E-state index in [-0.39, 0.29) is 28.6 Å². The first kappa shape index (κ1) is 14.6. The SMILES string of the molecule is COC1=C2C=CC=CC23C(=C(O)C=C(C(C)=O)C3O)OC1O. The van der Waals surface area contributed by atoms with E-state index in [0.717, 1.165) is 0 Å². The first-order valence-corrected chi connectivity index (χ1v) is 6.77. The summed E-state index contributed by atoms with van der Waals surface area (Å²) < 4.78 is 10.6. The summed E-state index contributed by atoms with van der Waals surface area (Å²) >= 11 is 0. The number of allylic oxidation sites excluding steroid dienone is 4. The lowest BCUT2D eigenvalue weighted by atomic mass is 9.65. The number of carbonyl (C=O) groups is 1. The second kappa shape index (κ2) is 4.86. The number of hydrogen-bond acceptors (Lipinski definition) is 6. The molecule has 22 heavy (non-hydrogen) atoms. The van der Waals surface area contributed by atoms with E-state index in [1.54, 1.807) is 24.3 Å². The zero-order chi connectivity index (χ0) is 16.1. The third kappa shape index (κ3) is 1.71. The fourth-order valence-corrected chi connectivity index (χ4v) is 3.14. The third-order valence-electron chi connectivity index (χ3n) is 4.15. The summed E-state index contributed by atoms with van der Waals surface area (Å²) in [4.78, 5) is 11.8. The average molecular weight is 304 g/mol. The molecule has 6 nitrogen and oxygen atoms in total. The minimum absolute atomic E-state index is 0.00565. The first-order chi connectivity index (χ1) is 10.4. The third-order valence-corrected chi connectivity index (χ3v) is 4.15. The molecule has 3 unspecified atom stereocenters. The van der Waals surface area contributed by atoms with Gasteiger partial charge in [0.05, 0.1) is 7.11 Å². The molecule has 1 spiro atoms. The highest BCUT2D eigenvalue weighted by Crippen LogP contribution is 2.53. The Morgan fingerprint density at radius 2 is 2.09 bits per heavy atom. The van der Waals surface area contributed by atoms with Crippen LogP contribution in [0.3, 0.4) is 0 Å². The molecule has 0 radical (unpaired) electrons. The van der Waals surface area contributed by atoms with Gasteiger partial charge in [-0.1, -0.05) is 24.3 Å². The van der Waals surface area contributed by atoms with Crippen molar-refractivity contribution in [1.29, 1.82) is 0 Å². The van der Waals surface area contributed by atoms with Gasteiger partial charge in [-0.25, -0.2) is 0 Å². The minimum atomic E-state index is -1.40. The molecule has 0 bridgehead atoms. The number of Topliss-reactive ketones (excluding diaryl/α,β-unsaturated/α-hetero) is 1. The van der Waals surface area contributed by atoms with Crippen LogP contribution < -0.4 is 0 Å². The number of carbonyl (C=O) groups excluding carboxylic acids is 1. The standard InChI is InChI=1S/C16H16O6/c1-8(17)9-7-11(18)14-16(13(9)19)6-4-3-5-10(16)12(21-2)15(20)22-14/h3-7,13,15,18-20H,1-2H3. The summed E-state index contributed by atoms with van der Waals surface area (Å²) in [7, 11) is 1.38. The molecule has 0 aromatic carbocycles. The molecular weight excluding hydrogens is 288 g/mol. The van der Waals surface area contributed by atoms with Crippen molar-refractivity contribution in [1.82, 2.24) is 0 Å². The van der Waals surface area contributed by atoms with E-state index in [4.69, 9.17) is 9.47 Å². The van der Waals surface area contributed by atoms with Gasteiger partial charge in [0, 0.05) is 11.1 Å². The zero-order valence-electron chi connectivity index (χ0n) is 12.1. The fraction of sp³-hybridized carbons (Fsp3) is 0.312. The fourth-order valence-electron chi connectivity index (χ4n) is 3.14. The quantitative estimate of drug-likeness (QED) is 0.704. The Hall–Kier alpha value is -2.31. The highest BCUT2D eigenvalue weighted by molar-refractivity contribution is 5.95. The van der Waals surface area contributed by atoms with Gasteiger partial charge in [-0.15, -0.1) is 0 Å². The molecular formula is C16H16O6. The maximum atomic E-state index is 11.8. The molecule has 0 aromatic heterocycles. The van der Waals surface area contributed by atoms with Crippen LogP contribution in [-0.2, 0) is 14.3 Å². The van der Waals surface area contributed by atoms with E-state index in [1.807, 2.05) is 0 Å². The van der Waals surface area contributed by atoms with Gasteiger partial charge in [-0.2, -0.15) is 0 Å². The molecule has 2 aliphatic carbocycles. The predicted octanol–water partition coefficient (Wildman–Crippen LogP) is 1.01. The van der Waals surface area contributed by atoms with Crippen LogP contribution in [-0.4, -0.2) is 40.6 Å². The summed E-state index contributed by atoms with van der Waals surface area (Å²) in [5.41, 5.74) is -0.787. The summed E-state index contributed by atoms with van der Waals surface area (Å²) in [6, 6.07) is 0. The minimum Gasteiger partial charge on any atom is -0.504 e. The van der Waals surface area contributed by atoms with E-state index in [1.165, 1.54) is 20.1 Å². The van der Waals surface area contributed by atoms with E-state index < -0.39 is 17.8 Å². The predicted molar refractivity (Wildman–Crippen MR) is 76.3 cm³/mol. The lowest BCUT2D eigenvalue weighted by Gasteiger charge is -2.46. The van der Waals surface area contributed by atoms with E-state index in [0.29, 0.717) is 5.57 Å². The van der Waals surface area contributed by atoms with Crippen LogP contribution in [0, 0.1) is 5.41 Å². The monoisotopic (exact) mass is 304 g/mol. The molecule has 6 heteroatoms. The smallest absolute Gasteiger partial charge is 0.256 e. The van der Waals surface area contributed by atoms with E-state index in [9.17, 15) is 20.1 Å². The molecule has 3 rings (SSSR count). The Bertz CT molecular complexity index is 693. The summed E-state index contributed by atoms with van der Waals surface area (Å²) in [5.74, 6) is -0.545. The van der Waals surface area contributed by atoms with Gasteiger partial charge in [0.15, 0.2) is 23.1 Å². The number of rotatable bonds is 2. The second-order valence-corrected chi connectivity index (χ2v) is 5.31. The van der Waals surface area contributed by atoms with E-state index >= 15 is 0 Å². The largest absolute Gasteiger partial charge is 0.504 e. The van der Waals surface area contributed by atoms with Gasteiger partial charge >= 0.3 is 0 Å². The summed E-state index contributed by atoms with van der Waals surface area (Å²) in [6.07, 6.45) is 5.18. The Balaban J connectivity index is 2.33. The molecule has 116 valence electrons. The Kier molecular flexibility index (Phi) is 3.23. The highest BCUT2D eigenvalue weighted by atomic mass is 16.6. The van der Waals surface area contributed by atoms with Gasteiger partial charge in [-0.3, -0.25) is 4.79 Å². The molecule has 0 fully saturated rings. The summed E-state index contributed by atoms with van der Waals surface area (Å²) in [6.45, 7) is 1.31. The molecule has 3 atom stereocenters. The highest BCUT2D eigenvalue weighted by Gasteiger charge is 2.55. The lowest BCUT2D eigenvalue weighted by molar-refractivity contribution is -0.118. The van der Waals surface area contributed by atoms with Gasteiger partial charge in [0.1, 0.15) is 11.5 Å².